The Hall–Kier alpha value is -1.38. The van der Waals surface area contributed by atoms with Gasteiger partial charge in [0.1, 0.15) is 0 Å². The number of carbonyl (C=O) groups excluding carboxylic acids is 1. The first-order valence-electron chi connectivity index (χ1n) is 6.53. The molecule has 6 nitrogen and oxygen atoms in total. The number of nitrogens with zero attached hydrogens (tertiary/aromatic N) is 4. The molecule has 0 saturated carbocycles. The molecule has 108 valence electrons. The monoisotopic (exact) mass is 387 g/mol. The number of aryl methyl sites for hydroxylation is 3. The average Bonchev–Trinajstić information content (AvgIpc) is 2.92. The van der Waals surface area contributed by atoms with Crippen LogP contribution in [-0.4, -0.2) is 25.5 Å². The van der Waals surface area contributed by atoms with E-state index in [0.717, 1.165) is 27.2 Å². The van der Waals surface area contributed by atoms with Crippen molar-refractivity contribution in [3.8, 4) is 0 Å². The molecule has 0 aromatic carbocycles. The van der Waals surface area contributed by atoms with Crippen molar-refractivity contribution in [2.75, 3.05) is 5.32 Å². The zero-order valence-electron chi connectivity index (χ0n) is 11.9. The number of aromatic nitrogens is 4. The fourth-order valence-corrected chi connectivity index (χ4v) is 2.35. The molecule has 0 spiro atoms. The summed E-state index contributed by atoms with van der Waals surface area (Å²) in [4.78, 5) is 11.9. The summed E-state index contributed by atoms with van der Waals surface area (Å²) in [5.74, 6) is -0.0214. The van der Waals surface area contributed by atoms with Gasteiger partial charge in [-0.25, -0.2) is 0 Å². The summed E-state index contributed by atoms with van der Waals surface area (Å²) in [6.07, 6.45) is 4.04. The van der Waals surface area contributed by atoms with E-state index in [-0.39, 0.29) is 5.91 Å². The Kier molecular flexibility index (Phi) is 4.79. The molecule has 0 bridgehead atoms. The maximum Gasteiger partial charge on any atom is 0.226 e. The van der Waals surface area contributed by atoms with Crippen LogP contribution in [0.15, 0.2) is 12.4 Å². The zero-order chi connectivity index (χ0) is 14.7. The molecular formula is C13H18IN5O. The van der Waals surface area contributed by atoms with E-state index in [9.17, 15) is 4.79 Å². The third-order valence-corrected chi connectivity index (χ3v) is 4.19. The van der Waals surface area contributed by atoms with Crippen LogP contribution in [0.5, 0.6) is 0 Å². The lowest BCUT2D eigenvalue weighted by Gasteiger charge is -2.05. The van der Waals surface area contributed by atoms with Crippen LogP contribution in [0, 0.1) is 17.4 Å². The lowest BCUT2D eigenvalue weighted by molar-refractivity contribution is -0.116. The largest absolute Gasteiger partial charge is 0.323 e. The summed E-state index contributed by atoms with van der Waals surface area (Å²) in [7, 11) is 0. The number of anilines is 1. The highest BCUT2D eigenvalue weighted by Gasteiger charge is 2.09. The molecule has 20 heavy (non-hydrogen) atoms. The molecule has 0 radical (unpaired) electrons. The van der Waals surface area contributed by atoms with Gasteiger partial charge in [0.15, 0.2) is 0 Å². The third kappa shape index (κ3) is 3.38. The van der Waals surface area contributed by atoms with Crippen LogP contribution in [0.2, 0.25) is 0 Å². The van der Waals surface area contributed by atoms with Gasteiger partial charge in [-0.15, -0.1) is 0 Å². The molecule has 2 aromatic rings. The summed E-state index contributed by atoms with van der Waals surface area (Å²) in [6.45, 7) is 7.31. The number of nitrogens with one attached hydrogen (secondary N) is 1. The lowest BCUT2D eigenvalue weighted by Crippen LogP contribution is -2.15. The van der Waals surface area contributed by atoms with Crippen LogP contribution in [0.4, 0.5) is 5.69 Å². The fourth-order valence-electron chi connectivity index (χ4n) is 1.92. The second kappa shape index (κ2) is 6.38. The van der Waals surface area contributed by atoms with E-state index in [1.54, 1.807) is 10.9 Å². The molecule has 2 rings (SSSR count). The number of hydrogen-bond acceptors (Lipinski definition) is 3. The molecule has 0 unspecified atom stereocenters. The van der Waals surface area contributed by atoms with E-state index < -0.39 is 0 Å². The second-order valence-corrected chi connectivity index (χ2v) is 5.75. The van der Waals surface area contributed by atoms with Gasteiger partial charge in [0.05, 0.1) is 26.8 Å². The van der Waals surface area contributed by atoms with Gasteiger partial charge in [-0.3, -0.25) is 14.2 Å². The summed E-state index contributed by atoms with van der Waals surface area (Å²) < 4.78 is 4.77. The fraction of sp³-hybridized carbons (Fsp3) is 0.462. The van der Waals surface area contributed by atoms with E-state index in [1.807, 2.05) is 31.6 Å². The maximum absolute atomic E-state index is 11.9. The van der Waals surface area contributed by atoms with Gasteiger partial charge in [0, 0.05) is 25.7 Å². The highest BCUT2D eigenvalue weighted by molar-refractivity contribution is 14.1. The van der Waals surface area contributed by atoms with E-state index in [2.05, 4.69) is 38.1 Å². The number of amides is 1. The predicted molar refractivity (Wildman–Crippen MR) is 85.6 cm³/mol. The average molecular weight is 387 g/mol. The summed E-state index contributed by atoms with van der Waals surface area (Å²) in [5.41, 5.74) is 2.75. The minimum atomic E-state index is -0.0214. The standard InChI is InChI=1S/C13H18IN5O/c1-4-19-10(3)12(7-15-19)16-13(20)5-6-18-8-11(14)9(2)17-18/h7-8H,4-6H2,1-3H3,(H,16,20). The van der Waals surface area contributed by atoms with Crippen LogP contribution in [0.3, 0.4) is 0 Å². The Morgan fingerprint density at radius 2 is 2.20 bits per heavy atom. The Morgan fingerprint density at radius 3 is 2.75 bits per heavy atom. The Labute approximate surface area is 131 Å². The molecule has 0 saturated heterocycles. The topological polar surface area (TPSA) is 64.7 Å². The predicted octanol–water partition coefficient (Wildman–Crippen LogP) is 2.35. The van der Waals surface area contributed by atoms with Crippen molar-refractivity contribution in [1.82, 2.24) is 19.6 Å². The number of carbonyl (C=O) groups is 1. The smallest absolute Gasteiger partial charge is 0.226 e. The number of rotatable bonds is 5. The molecular weight excluding hydrogens is 369 g/mol. The molecule has 2 aromatic heterocycles. The first-order chi connectivity index (χ1) is 9.51. The molecule has 0 aliphatic heterocycles. The van der Waals surface area contributed by atoms with E-state index >= 15 is 0 Å². The SMILES string of the molecule is CCn1ncc(NC(=O)CCn2cc(I)c(C)n2)c1C. The van der Waals surface area contributed by atoms with Crippen LogP contribution in [0.25, 0.3) is 0 Å². The normalized spacial score (nSPS) is 10.8. The van der Waals surface area contributed by atoms with Crippen molar-refractivity contribution >= 4 is 34.2 Å². The van der Waals surface area contributed by atoms with Gasteiger partial charge in [-0.05, 0) is 43.4 Å². The van der Waals surface area contributed by atoms with Gasteiger partial charge in [-0.1, -0.05) is 0 Å². The molecule has 0 fully saturated rings. The Bertz CT molecular complexity index is 597. The highest BCUT2D eigenvalue weighted by atomic mass is 127. The van der Waals surface area contributed by atoms with Crippen LogP contribution >= 0.6 is 22.6 Å². The first kappa shape index (κ1) is 15.0. The van der Waals surface area contributed by atoms with Crippen molar-refractivity contribution in [3.63, 3.8) is 0 Å². The molecule has 0 aliphatic rings. The van der Waals surface area contributed by atoms with E-state index in [1.165, 1.54) is 0 Å². The minimum Gasteiger partial charge on any atom is -0.323 e. The quantitative estimate of drug-likeness (QED) is 0.802. The van der Waals surface area contributed by atoms with E-state index in [4.69, 9.17) is 0 Å². The van der Waals surface area contributed by atoms with Crippen molar-refractivity contribution in [1.29, 1.82) is 0 Å². The molecule has 1 N–H and O–H groups in total. The molecule has 0 atom stereocenters. The number of hydrogen-bond donors (Lipinski definition) is 1. The summed E-state index contributed by atoms with van der Waals surface area (Å²) in [6, 6.07) is 0. The Morgan fingerprint density at radius 1 is 1.45 bits per heavy atom. The van der Waals surface area contributed by atoms with Crippen LogP contribution in [0.1, 0.15) is 24.7 Å². The van der Waals surface area contributed by atoms with Gasteiger partial charge < -0.3 is 5.32 Å². The summed E-state index contributed by atoms with van der Waals surface area (Å²) >= 11 is 2.24. The third-order valence-electron chi connectivity index (χ3n) is 3.13. The van der Waals surface area contributed by atoms with E-state index in [0.29, 0.717) is 13.0 Å². The van der Waals surface area contributed by atoms with Gasteiger partial charge in [0.2, 0.25) is 5.91 Å². The second-order valence-electron chi connectivity index (χ2n) is 4.58. The van der Waals surface area contributed by atoms with Gasteiger partial charge >= 0.3 is 0 Å². The first-order valence-corrected chi connectivity index (χ1v) is 7.61. The molecule has 1 amide bonds. The van der Waals surface area contributed by atoms with Crippen molar-refractivity contribution in [2.45, 2.75) is 40.3 Å². The summed E-state index contributed by atoms with van der Waals surface area (Å²) in [5, 5.41) is 11.4. The van der Waals surface area contributed by atoms with Crippen molar-refractivity contribution in [2.24, 2.45) is 0 Å². The van der Waals surface area contributed by atoms with Gasteiger partial charge in [-0.2, -0.15) is 10.2 Å². The lowest BCUT2D eigenvalue weighted by atomic mass is 10.3. The highest BCUT2D eigenvalue weighted by Crippen LogP contribution is 2.14. The molecule has 7 heteroatoms. The number of halogens is 1. The van der Waals surface area contributed by atoms with Gasteiger partial charge in [0.25, 0.3) is 0 Å². The van der Waals surface area contributed by atoms with Crippen LogP contribution < -0.4 is 5.32 Å². The maximum atomic E-state index is 11.9. The van der Waals surface area contributed by atoms with Crippen molar-refractivity contribution in [3.05, 3.63) is 27.4 Å². The molecule has 0 aliphatic carbocycles. The van der Waals surface area contributed by atoms with Crippen LogP contribution in [-0.2, 0) is 17.9 Å². The van der Waals surface area contributed by atoms with Crippen molar-refractivity contribution < 1.29 is 4.79 Å². The molecule has 2 heterocycles. The zero-order valence-corrected chi connectivity index (χ0v) is 14.0. The minimum absolute atomic E-state index is 0.0214. The Balaban J connectivity index is 1.90.